The number of nitrogens with zero attached hydrogens (tertiary/aromatic N) is 1. The Labute approximate surface area is 79.0 Å². The molecule has 1 unspecified atom stereocenters. The lowest BCUT2D eigenvalue weighted by Crippen LogP contribution is -2.36. The lowest BCUT2D eigenvalue weighted by atomic mass is 10.3. The van der Waals surface area contributed by atoms with Crippen molar-refractivity contribution in [1.29, 1.82) is 0 Å². The van der Waals surface area contributed by atoms with Crippen molar-refractivity contribution >= 4 is 21.8 Å². The number of carbonyl (C=O) groups is 1. The molecule has 5 heteroatoms. The summed E-state index contributed by atoms with van der Waals surface area (Å²) in [5, 5.41) is 0. The molecule has 2 nitrogen and oxygen atoms in total. The molecule has 0 N–H and O–H groups in total. The highest BCUT2D eigenvalue weighted by molar-refractivity contribution is 9.10. The van der Waals surface area contributed by atoms with Crippen LogP contribution in [0.25, 0.3) is 0 Å². The zero-order valence-corrected chi connectivity index (χ0v) is 8.64. The third-order valence-electron chi connectivity index (χ3n) is 1.41. The average molecular weight is 244 g/mol. The molecule has 0 saturated heterocycles. The summed E-state index contributed by atoms with van der Waals surface area (Å²) >= 11 is 3.10. The van der Waals surface area contributed by atoms with E-state index in [1.807, 2.05) is 6.92 Å². The van der Waals surface area contributed by atoms with Crippen LogP contribution in [0.1, 0.15) is 13.3 Å². The molecule has 0 saturated carbocycles. The molecule has 0 aromatic carbocycles. The topological polar surface area (TPSA) is 20.3 Å². The Morgan fingerprint density at radius 2 is 2.08 bits per heavy atom. The molecule has 0 aliphatic rings. The Morgan fingerprint density at radius 3 is 2.42 bits per heavy atom. The van der Waals surface area contributed by atoms with Gasteiger partial charge < -0.3 is 4.90 Å². The van der Waals surface area contributed by atoms with Crippen LogP contribution in [0, 0.1) is 0 Å². The van der Waals surface area contributed by atoms with Crippen LogP contribution < -0.4 is 0 Å². The molecule has 1 amide bonds. The molecule has 0 aliphatic heterocycles. The zero-order valence-electron chi connectivity index (χ0n) is 7.06. The number of halogens is 3. The molecule has 0 aromatic rings. The van der Waals surface area contributed by atoms with E-state index in [9.17, 15) is 13.6 Å². The fourth-order valence-corrected chi connectivity index (χ4v) is 1.06. The molecule has 1 atom stereocenters. The van der Waals surface area contributed by atoms with Gasteiger partial charge in [-0.05, 0) is 6.42 Å². The van der Waals surface area contributed by atoms with Crippen LogP contribution in [-0.2, 0) is 4.79 Å². The largest absolute Gasteiger partial charge is 0.339 e. The van der Waals surface area contributed by atoms with Crippen LogP contribution in [0.15, 0.2) is 0 Å². The Kier molecular flexibility index (Phi) is 5.37. The van der Waals surface area contributed by atoms with Gasteiger partial charge in [-0.3, -0.25) is 4.79 Å². The van der Waals surface area contributed by atoms with Crippen LogP contribution in [0.5, 0.6) is 0 Å². The van der Waals surface area contributed by atoms with Crippen molar-refractivity contribution in [3.8, 4) is 0 Å². The Hall–Kier alpha value is -0.190. The van der Waals surface area contributed by atoms with E-state index in [-0.39, 0.29) is 10.7 Å². The minimum atomic E-state index is -2.46. The first-order valence-corrected chi connectivity index (χ1v) is 4.57. The number of rotatable bonds is 4. The molecule has 0 rings (SSSR count). The van der Waals surface area contributed by atoms with Gasteiger partial charge in [0.1, 0.15) is 0 Å². The van der Waals surface area contributed by atoms with Crippen molar-refractivity contribution in [2.24, 2.45) is 0 Å². The van der Waals surface area contributed by atoms with Gasteiger partial charge in [-0.2, -0.15) is 0 Å². The van der Waals surface area contributed by atoms with Gasteiger partial charge in [0.05, 0.1) is 11.4 Å². The Morgan fingerprint density at radius 1 is 1.58 bits per heavy atom. The summed E-state index contributed by atoms with van der Waals surface area (Å²) in [4.78, 5) is 11.8. The normalized spacial score (nSPS) is 13.2. The number of amides is 1. The maximum absolute atomic E-state index is 11.8. The van der Waals surface area contributed by atoms with Gasteiger partial charge in [0.15, 0.2) is 0 Å². The molecule has 0 heterocycles. The fraction of sp³-hybridized carbons (Fsp3) is 0.857. The van der Waals surface area contributed by atoms with Gasteiger partial charge in [-0.25, -0.2) is 8.78 Å². The number of hydrogen-bond donors (Lipinski definition) is 0. The number of carbonyl (C=O) groups excluding carboxylic acids is 1. The first-order chi connectivity index (χ1) is 5.49. The molecular formula is C7H12BrF2NO. The summed E-state index contributed by atoms with van der Waals surface area (Å²) in [6.07, 6.45) is -1.86. The van der Waals surface area contributed by atoms with Gasteiger partial charge in [-0.15, -0.1) is 0 Å². The molecule has 0 radical (unpaired) electrons. The Balaban J connectivity index is 3.92. The summed E-state index contributed by atoms with van der Waals surface area (Å²) in [6.45, 7) is 1.31. The van der Waals surface area contributed by atoms with Crippen molar-refractivity contribution in [3.05, 3.63) is 0 Å². The van der Waals surface area contributed by atoms with Crippen molar-refractivity contribution in [3.63, 3.8) is 0 Å². The van der Waals surface area contributed by atoms with Crippen molar-refractivity contribution in [1.82, 2.24) is 4.90 Å². The highest BCUT2D eigenvalue weighted by atomic mass is 79.9. The summed E-state index contributed by atoms with van der Waals surface area (Å²) < 4.78 is 23.6. The van der Waals surface area contributed by atoms with Crippen LogP contribution >= 0.6 is 15.9 Å². The fourth-order valence-electron chi connectivity index (χ4n) is 0.711. The van der Waals surface area contributed by atoms with E-state index in [1.54, 1.807) is 0 Å². The SMILES string of the molecule is CCC(Br)C(=O)N(C)CC(F)F. The van der Waals surface area contributed by atoms with Gasteiger partial charge in [0.2, 0.25) is 5.91 Å². The van der Waals surface area contributed by atoms with Gasteiger partial charge in [0.25, 0.3) is 6.43 Å². The van der Waals surface area contributed by atoms with E-state index in [0.717, 1.165) is 4.90 Å². The van der Waals surface area contributed by atoms with Crippen molar-refractivity contribution in [2.45, 2.75) is 24.6 Å². The van der Waals surface area contributed by atoms with E-state index in [2.05, 4.69) is 15.9 Å². The van der Waals surface area contributed by atoms with Gasteiger partial charge in [-0.1, -0.05) is 22.9 Å². The minimum Gasteiger partial charge on any atom is -0.339 e. The molecule has 0 spiro atoms. The molecule has 0 aliphatic carbocycles. The number of hydrogen-bond acceptors (Lipinski definition) is 1. The predicted octanol–water partition coefficient (Wildman–Crippen LogP) is 1.88. The summed E-state index contributed by atoms with van der Waals surface area (Å²) in [5.74, 6) is -0.294. The van der Waals surface area contributed by atoms with Crippen LogP contribution in [0.3, 0.4) is 0 Å². The standard InChI is InChI=1S/C7H12BrF2NO/c1-3-5(8)7(12)11(2)4-6(9)10/h5-6H,3-4H2,1-2H3. The predicted molar refractivity (Wildman–Crippen MR) is 46.6 cm³/mol. The monoisotopic (exact) mass is 243 g/mol. The van der Waals surface area contributed by atoms with E-state index in [4.69, 9.17) is 0 Å². The average Bonchev–Trinajstić information content (AvgIpc) is 2.00. The molecule has 12 heavy (non-hydrogen) atoms. The summed E-state index contributed by atoms with van der Waals surface area (Å²) in [6, 6.07) is 0. The minimum absolute atomic E-state index is 0.294. The quantitative estimate of drug-likeness (QED) is 0.691. The Bertz CT molecular complexity index is 154. The molecule has 72 valence electrons. The van der Waals surface area contributed by atoms with E-state index in [1.165, 1.54) is 7.05 Å². The molecule has 0 fully saturated rings. The van der Waals surface area contributed by atoms with Crippen molar-refractivity contribution in [2.75, 3.05) is 13.6 Å². The van der Waals surface area contributed by atoms with Crippen LogP contribution in [0.4, 0.5) is 8.78 Å². The molecule has 0 aromatic heterocycles. The number of alkyl halides is 3. The second kappa shape index (κ2) is 5.45. The lowest BCUT2D eigenvalue weighted by Gasteiger charge is -2.18. The second-order valence-corrected chi connectivity index (χ2v) is 3.59. The maximum atomic E-state index is 11.8. The second-order valence-electron chi connectivity index (χ2n) is 2.49. The van der Waals surface area contributed by atoms with Crippen LogP contribution in [-0.4, -0.2) is 35.7 Å². The highest BCUT2D eigenvalue weighted by Crippen LogP contribution is 2.08. The molecule has 0 bridgehead atoms. The highest BCUT2D eigenvalue weighted by Gasteiger charge is 2.19. The van der Waals surface area contributed by atoms with E-state index >= 15 is 0 Å². The van der Waals surface area contributed by atoms with Gasteiger partial charge >= 0.3 is 0 Å². The summed E-state index contributed by atoms with van der Waals surface area (Å²) in [7, 11) is 1.37. The zero-order chi connectivity index (χ0) is 9.72. The third kappa shape index (κ3) is 3.99. The van der Waals surface area contributed by atoms with Crippen LogP contribution in [0.2, 0.25) is 0 Å². The maximum Gasteiger partial charge on any atom is 0.255 e. The van der Waals surface area contributed by atoms with Gasteiger partial charge in [0, 0.05) is 7.05 Å². The lowest BCUT2D eigenvalue weighted by molar-refractivity contribution is -0.130. The van der Waals surface area contributed by atoms with E-state index < -0.39 is 13.0 Å². The van der Waals surface area contributed by atoms with E-state index in [0.29, 0.717) is 6.42 Å². The third-order valence-corrected chi connectivity index (χ3v) is 2.45. The first kappa shape index (κ1) is 11.8. The first-order valence-electron chi connectivity index (χ1n) is 3.66. The summed E-state index contributed by atoms with van der Waals surface area (Å²) in [5.41, 5.74) is 0. The molecular weight excluding hydrogens is 232 g/mol. The smallest absolute Gasteiger partial charge is 0.255 e. The van der Waals surface area contributed by atoms with Crippen molar-refractivity contribution < 1.29 is 13.6 Å².